The maximum Gasteiger partial charge on any atom is 0.267 e. The van der Waals surface area contributed by atoms with E-state index in [9.17, 15) is 0 Å². The zero-order chi connectivity index (χ0) is 14.7. The quantitative estimate of drug-likeness (QED) is 0.736. The maximum absolute atomic E-state index is 5.91. The van der Waals surface area contributed by atoms with E-state index in [-0.39, 0.29) is 0 Å². The number of rotatable bonds is 4. The molecule has 0 fully saturated rings. The molecular formula is C14H11ClN4O2. The standard InChI is InChI=1S/C14H11ClN4O2/c1-9(20-11-5-2-4-10(15)8-11)14-17-13(19-21-14)12-6-3-7-16-18-12/h2-9H,1H3. The summed E-state index contributed by atoms with van der Waals surface area (Å²) < 4.78 is 10.9. The third kappa shape index (κ3) is 3.17. The molecule has 1 unspecified atom stereocenters. The molecule has 0 aliphatic rings. The van der Waals surface area contributed by atoms with Gasteiger partial charge in [-0.05, 0) is 37.3 Å². The van der Waals surface area contributed by atoms with Crippen LogP contribution in [0.1, 0.15) is 18.9 Å². The molecule has 0 N–H and O–H groups in total. The largest absolute Gasteiger partial charge is 0.481 e. The lowest BCUT2D eigenvalue weighted by Crippen LogP contribution is -2.03. The lowest BCUT2D eigenvalue weighted by atomic mass is 10.3. The van der Waals surface area contributed by atoms with Gasteiger partial charge in [0.15, 0.2) is 6.10 Å². The number of aromatic nitrogens is 4. The highest BCUT2D eigenvalue weighted by atomic mass is 35.5. The Morgan fingerprint density at radius 1 is 1.24 bits per heavy atom. The molecule has 1 atom stereocenters. The van der Waals surface area contributed by atoms with Crippen molar-refractivity contribution >= 4 is 11.6 Å². The molecule has 0 spiro atoms. The third-order valence-corrected chi connectivity index (χ3v) is 2.93. The average Bonchev–Trinajstić information content (AvgIpc) is 2.98. The molecule has 0 radical (unpaired) electrons. The minimum Gasteiger partial charge on any atom is -0.481 e. The molecule has 3 aromatic rings. The van der Waals surface area contributed by atoms with E-state index in [1.165, 1.54) is 0 Å². The van der Waals surface area contributed by atoms with Crippen molar-refractivity contribution in [2.24, 2.45) is 0 Å². The van der Waals surface area contributed by atoms with Crippen LogP contribution in [0.5, 0.6) is 5.75 Å². The summed E-state index contributed by atoms with van der Waals surface area (Å²) in [4.78, 5) is 4.26. The molecule has 3 rings (SSSR count). The second-order valence-corrected chi connectivity index (χ2v) is 4.72. The van der Waals surface area contributed by atoms with Gasteiger partial charge in [0.25, 0.3) is 5.89 Å². The molecule has 0 bridgehead atoms. The Morgan fingerprint density at radius 3 is 2.90 bits per heavy atom. The summed E-state index contributed by atoms with van der Waals surface area (Å²) >= 11 is 5.91. The number of ether oxygens (including phenoxy) is 1. The first-order valence-electron chi connectivity index (χ1n) is 6.26. The van der Waals surface area contributed by atoms with E-state index in [0.29, 0.717) is 28.2 Å². The molecule has 2 heterocycles. The average molecular weight is 303 g/mol. The van der Waals surface area contributed by atoms with Gasteiger partial charge in [0, 0.05) is 11.2 Å². The second kappa shape index (κ2) is 5.88. The molecule has 2 aromatic heterocycles. The molecule has 0 saturated heterocycles. The van der Waals surface area contributed by atoms with Crippen molar-refractivity contribution in [1.29, 1.82) is 0 Å². The molecule has 7 heteroatoms. The highest BCUT2D eigenvalue weighted by Crippen LogP contribution is 2.24. The number of hydrogen-bond donors (Lipinski definition) is 0. The van der Waals surface area contributed by atoms with Gasteiger partial charge in [-0.25, -0.2) is 0 Å². The fourth-order valence-electron chi connectivity index (χ4n) is 1.72. The summed E-state index contributed by atoms with van der Waals surface area (Å²) in [5, 5.41) is 12.2. The van der Waals surface area contributed by atoms with Crippen LogP contribution in [0.4, 0.5) is 0 Å². The van der Waals surface area contributed by atoms with Crippen LogP contribution in [-0.2, 0) is 0 Å². The summed E-state index contributed by atoms with van der Waals surface area (Å²) in [5.74, 6) is 1.37. The minimum atomic E-state index is -0.401. The first-order valence-corrected chi connectivity index (χ1v) is 6.64. The Kier molecular flexibility index (Phi) is 3.79. The first-order chi connectivity index (χ1) is 10.2. The Morgan fingerprint density at radius 2 is 2.14 bits per heavy atom. The number of nitrogens with zero attached hydrogens (tertiary/aromatic N) is 4. The number of halogens is 1. The van der Waals surface area contributed by atoms with Crippen LogP contribution < -0.4 is 4.74 Å². The van der Waals surface area contributed by atoms with Crippen LogP contribution in [0.3, 0.4) is 0 Å². The molecule has 0 aliphatic heterocycles. The fourth-order valence-corrected chi connectivity index (χ4v) is 1.90. The van der Waals surface area contributed by atoms with Gasteiger partial charge >= 0.3 is 0 Å². The van der Waals surface area contributed by atoms with Crippen molar-refractivity contribution in [2.75, 3.05) is 0 Å². The molecular weight excluding hydrogens is 292 g/mol. The van der Waals surface area contributed by atoms with Gasteiger partial charge in [-0.3, -0.25) is 0 Å². The highest BCUT2D eigenvalue weighted by molar-refractivity contribution is 6.30. The second-order valence-electron chi connectivity index (χ2n) is 4.28. The van der Waals surface area contributed by atoms with Crippen molar-refractivity contribution in [3.63, 3.8) is 0 Å². The van der Waals surface area contributed by atoms with Crippen molar-refractivity contribution in [1.82, 2.24) is 20.3 Å². The van der Waals surface area contributed by atoms with Crippen LogP contribution in [0.25, 0.3) is 11.5 Å². The van der Waals surface area contributed by atoms with Crippen LogP contribution >= 0.6 is 11.6 Å². The zero-order valence-electron chi connectivity index (χ0n) is 11.1. The summed E-state index contributed by atoms with van der Waals surface area (Å²) in [7, 11) is 0. The topological polar surface area (TPSA) is 73.9 Å². The van der Waals surface area contributed by atoms with Gasteiger partial charge in [0.2, 0.25) is 5.82 Å². The molecule has 1 aromatic carbocycles. The van der Waals surface area contributed by atoms with Crippen LogP contribution in [0.2, 0.25) is 5.02 Å². The van der Waals surface area contributed by atoms with Crippen LogP contribution in [0.15, 0.2) is 47.1 Å². The molecule has 106 valence electrons. The molecule has 21 heavy (non-hydrogen) atoms. The number of hydrogen-bond acceptors (Lipinski definition) is 6. The van der Waals surface area contributed by atoms with Crippen molar-refractivity contribution in [3.8, 4) is 17.3 Å². The Bertz CT molecular complexity index is 733. The molecule has 6 nitrogen and oxygen atoms in total. The van der Waals surface area contributed by atoms with Gasteiger partial charge in [0.05, 0.1) is 0 Å². The predicted molar refractivity (Wildman–Crippen MR) is 75.8 cm³/mol. The normalized spacial score (nSPS) is 12.1. The third-order valence-electron chi connectivity index (χ3n) is 2.70. The van der Waals surface area contributed by atoms with Gasteiger partial charge in [-0.1, -0.05) is 22.8 Å². The summed E-state index contributed by atoms with van der Waals surface area (Å²) in [6, 6.07) is 10.6. The predicted octanol–water partition coefficient (Wildman–Crippen LogP) is 3.32. The maximum atomic E-state index is 5.91. The minimum absolute atomic E-state index is 0.357. The fraction of sp³-hybridized carbons (Fsp3) is 0.143. The molecule has 0 saturated carbocycles. The van der Waals surface area contributed by atoms with Crippen molar-refractivity contribution in [2.45, 2.75) is 13.0 Å². The van der Waals surface area contributed by atoms with E-state index in [1.54, 1.807) is 30.5 Å². The molecule has 0 amide bonds. The highest BCUT2D eigenvalue weighted by Gasteiger charge is 2.17. The van der Waals surface area contributed by atoms with E-state index in [0.717, 1.165) is 0 Å². The lowest BCUT2D eigenvalue weighted by molar-refractivity contribution is 0.176. The van der Waals surface area contributed by atoms with E-state index in [2.05, 4.69) is 20.3 Å². The van der Waals surface area contributed by atoms with E-state index < -0.39 is 6.10 Å². The first kappa shape index (κ1) is 13.5. The summed E-state index contributed by atoms with van der Waals surface area (Å²) in [5.41, 5.74) is 0.544. The van der Waals surface area contributed by atoms with Gasteiger partial charge < -0.3 is 9.26 Å². The van der Waals surface area contributed by atoms with E-state index >= 15 is 0 Å². The monoisotopic (exact) mass is 302 g/mol. The SMILES string of the molecule is CC(Oc1cccc(Cl)c1)c1nc(-c2cccnn2)no1. The number of benzene rings is 1. The Labute approximate surface area is 125 Å². The van der Waals surface area contributed by atoms with E-state index in [1.807, 2.05) is 19.1 Å². The Hall–Kier alpha value is -2.47. The van der Waals surface area contributed by atoms with E-state index in [4.69, 9.17) is 20.9 Å². The molecule has 0 aliphatic carbocycles. The van der Waals surface area contributed by atoms with Gasteiger partial charge in [0.1, 0.15) is 11.4 Å². The Balaban J connectivity index is 1.77. The summed E-state index contributed by atoms with van der Waals surface area (Å²) in [6.45, 7) is 1.81. The smallest absolute Gasteiger partial charge is 0.267 e. The van der Waals surface area contributed by atoms with Crippen molar-refractivity contribution in [3.05, 3.63) is 53.5 Å². The summed E-state index contributed by atoms with van der Waals surface area (Å²) in [6.07, 6.45) is 1.18. The van der Waals surface area contributed by atoms with Crippen LogP contribution in [-0.4, -0.2) is 20.3 Å². The van der Waals surface area contributed by atoms with Gasteiger partial charge in [-0.15, -0.1) is 5.10 Å². The lowest BCUT2D eigenvalue weighted by Gasteiger charge is -2.10. The van der Waals surface area contributed by atoms with Gasteiger partial charge in [-0.2, -0.15) is 10.1 Å². The van der Waals surface area contributed by atoms with Crippen molar-refractivity contribution < 1.29 is 9.26 Å². The van der Waals surface area contributed by atoms with Crippen LogP contribution in [0, 0.1) is 0 Å². The zero-order valence-corrected chi connectivity index (χ0v) is 11.9.